The van der Waals surface area contributed by atoms with Gasteiger partial charge >= 0.3 is 0 Å². The largest absolute Gasteiger partial charge is 0.353 e. The molecule has 0 spiro atoms. The van der Waals surface area contributed by atoms with Crippen LogP contribution in [-0.4, -0.2) is 51.6 Å². The molecule has 0 aromatic carbocycles. The molecule has 0 aromatic rings. The van der Waals surface area contributed by atoms with Crippen molar-refractivity contribution in [3.8, 4) is 0 Å². The van der Waals surface area contributed by atoms with Crippen molar-refractivity contribution in [2.75, 3.05) is 33.1 Å². The lowest BCUT2D eigenvalue weighted by Gasteiger charge is -2.38. The van der Waals surface area contributed by atoms with E-state index in [0.29, 0.717) is 25.9 Å². The second-order valence-electron chi connectivity index (χ2n) is 3.62. The summed E-state index contributed by atoms with van der Waals surface area (Å²) >= 11 is 0. The van der Waals surface area contributed by atoms with E-state index in [1.807, 2.05) is 0 Å². The third kappa shape index (κ3) is 2.69. The van der Waals surface area contributed by atoms with Gasteiger partial charge in [0.05, 0.1) is 5.75 Å². The van der Waals surface area contributed by atoms with Gasteiger partial charge in [-0.25, -0.2) is 12.7 Å². The van der Waals surface area contributed by atoms with Crippen molar-refractivity contribution in [1.82, 2.24) is 4.31 Å². The second-order valence-corrected chi connectivity index (χ2v) is 5.88. The van der Waals surface area contributed by atoms with Crippen LogP contribution >= 0.6 is 0 Å². The van der Waals surface area contributed by atoms with Crippen LogP contribution in [-0.2, 0) is 19.5 Å². The van der Waals surface area contributed by atoms with Crippen molar-refractivity contribution in [2.45, 2.75) is 25.6 Å². The fourth-order valence-electron chi connectivity index (χ4n) is 1.78. The van der Waals surface area contributed by atoms with Crippen molar-refractivity contribution in [3.63, 3.8) is 0 Å². The van der Waals surface area contributed by atoms with E-state index in [9.17, 15) is 8.42 Å². The molecular formula is C9H19NO4S. The van der Waals surface area contributed by atoms with Gasteiger partial charge in [-0.2, -0.15) is 0 Å². The number of methoxy groups -OCH3 is 2. The lowest BCUT2D eigenvalue weighted by molar-refractivity contribution is -0.224. The van der Waals surface area contributed by atoms with Crippen LogP contribution in [0.15, 0.2) is 0 Å². The number of rotatable bonds is 4. The van der Waals surface area contributed by atoms with Crippen LogP contribution in [0.4, 0.5) is 0 Å². The summed E-state index contributed by atoms with van der Waals surface area (Å²) in [7, 11) is 0.116. The number of hydrogen-bond donors (Lipinski definition) is 0. The summed E-state index contributed by atoms with van der Waals surface area (Å²) in [5.74, 6) is -0.445. The fraction of sp³-hybridized carbons (Fsp3) is 1.00. The number of sulfonamides is 1. The van der Waals surface area contributed by atoms with Crippen molar-refractivity contribution < 1.29 is 17.9 Å². The highest BCUT2D eigenvalue weighted by molar-refractivity contribution is 7.89. The first-order valence-corrected chi connectivity index (χ1v) is 6.69. The molecule has 1 rings (SSSR count). The molecule has 1 saturated heterocycles. The van der Waals surface area contributed by atoms with Gasteiger partial charge in [-0.15, -0.1) is 0 Å². The Hall–Kier alpha value is -0.170. The van der Waals surface area contributed by atoms with E-state index in [1.165, 1.54) is 4.31 Å². The van der Waals surface area contributed by atoms with Gasteiger partial charge in [0, 0.05) is 40.2 Å². The standard InChI is InChI=1S/C9H19NO4S/c1-4-15(11,12)10-7-5-9(13-2,14-3)6-8-10/h4-8H2,1-3H3. The first-order valence-electron chi connectivity index (χ1n) is 5.08. The van der Waals surface area contributed by atoms with Crippen LogP contribution in [0.25, 0.3) is 0 Å². The summed E-state index contributed by atoms with van der Waals surface area (Å²) in [5.41, 5.74) is 0. The highest BCUT2D eigenvalue weighted by Crippen LogP contribution is 2.27. The molecule has 0 atom stereocenters. The lowest BCUT2D eigenvalue weighted by atomic mass is 10.1. The van der Waals surface area contributed by atoms with Crippen LogP contribution in [0.3, 0.4) is 0 Å². The summed E-state index contributed by atoms with van der Waals surface area (Å²) in [6, 6.07) is 0. The molecule has 0 amide bonds. The van der Waals surface area contributed by atoms with Crippen molar-refractivity contribution in [2.24, 2.45) is 0 Å². The molecule has 0 aromatic heterocycles. The molecule has 1 aliphatic heterocycles. The van der Waals surface area contributed by atoms with Gasteiger partial charge in [0.2, 0.25) is 10.0 Å². The molecule has 0 saturated carbocycles. The number of ether oxygens (including phenoxy) is 2. The topological polar surface area (TPSA) is 55.8 Å². The molecule has 90 valence electrons. The molecule has 0 N–H and O–H groups in total. The fourth-order valence-corrected chi connectivity index (χ4v) is 2.88. The Morgan fingerprint density at radius 3 is 2.00 bits per heavy atom. The summed E-state index contributed by atoms with van der Waals surface area (Å²) in [5, 5.41) is 0. The molecule has 1 aliphatic rings. The molecule has 1 heterocycles. The Bertz CT molecular complexity index is 287. The zero-order chi connectivity index (χ0) is 11.5. The van der Waals surface area contributed by atoms with Gasteiger partial charge in [0.1, 0.15) is 0 Å². The number of hydrogen-bond acceptors (Lipinski definition) is 4. The Labute approximate surface area is 91.4 Å². The quantitative estimate of drug-likeness (QED) is 0.665. The molecule has 6 heteroatoms. The molecule has 0 bridgehead atoms. The molecular weight excluding hydrogens is 218 g/mol. The zero-order valence-electron chi connectivity index (χ0n) is 9.52. The Morgan fingerprint density at radius 2 is 1.67 bits per heavy atom. The van der Waals surface area contributed by atoms with Crippen LogP contribution in [0.5, 0.6) is 0 Å². The van der Waals surface area contributed by atoms with Crippen LogP contribution < -0.4 is 0 Å². The van der Waals surface area contributed by atoms with E-state index in [0.717, 1.165) is 0 Å². The average molecular weight is 237 g/mol. The average Bonchev–Trinajstić information content (AvgIpc) is 2.29. The zero-order valence-corrected chi connectivity index (χ0v) is 10.3. The van der Waals surface area contributed by atoms with Gasteiger partial charge in [0.15, 0.2) is 5.79 Å². The molecule has 0 radical (unpaired) electrons. The Morgan fingerprint density at radius 1 is 1.20 bits per heavy atom. The highest BCUT2D eigenvalue weighted by Gasteiger charge is 2.37. The summed E-state index contributed by atoms with van der Waals surface area (Å²) in [6.07, 6.45) is 1.17. The van der Waals surface area contributed by atoms with Gasteiger partial charge in [-0.3, -0.25) is 0 Å². The third-order valence-corrected chi connectivity index (χ3v) is 4.87. The maximum Gasteiger partial charge on any atom is 0.213 e. The summed E-state index contributed by atoms with van der Waals surface area (Å²) in [4.78, 5) is 0. The minimum absolute atomic E-state index is 0.153. The van der Waals surface area contributed by atoms with Crippen molar-refractivity contribution in [1.29, 1.82) is 0 Å². The molecule has 5 nitrogen and oxygen atoms in total. The lowest BCUT2D eigenvalue weighted by Crippen LogP contribution is -2.48. The number of nitrogens with zero attached hydrogens (tertiary/aromatic N) is 1. The van der Waals surface area contributed by atoms with E-state index >= 15 is 0 Å². The normalized spacial score (nSPS) is 22.9. The molecule has 15 heavy (non-hydrogen) atoms. The smallest absolute Gasteiger partial charge is 0.213 e. The van der Waals surface area contributed by atoms with Gasteiger partial charge in [0.25, 0.3) is 0 Å². The van der Waals surface area contributed by atoms with Crippen molar-refractivity contribution >= 4 is 10.0 Å². The predicted molar refractivity (Wildman–Crippen MR) is 57.0 cm³/mol. The second kappa shape index (κ2) is 4.78. The summed E-state index contributed by atoms with van der Waals surface area (Å²) < 4.78 is 35.2. The molecule has 1 fully saturated rings. The molecule has 0 aliphatic carbocycles. The Kier molecular flexibility index (Phi) is 4.11. The van der Waals surface area contributed by atoms with Crippen LogP contribution in [0.1, 0.15) is 19.8 Å². The van der Waals surface area contributed by atoms with Gasteiger partial charge < -0.3 is 9.47 Å². The maximum absolute atomic E-state index is 11.6. The van der Waals surface area contributed by atoms with E-state index in [-0.39, 0.29) is 5.75 Å². The summed E-state index contributed by atoms with van der Waals surface area (Å²) in [6.45, 7) is 2.60. The van der Waals surface area contributed by atoms with Gasteiger partial charge in [-0.1, -0.05) is 0 Å². The van der Waals surface area contributed by atoms with E-state index in [1.54, 1.807) is 21.1 Å². The van der Waals surface area contributed by atoms with Crippen LogP contribution in [0.2, 0.25) is 0 Å². The van der Waals surface area contributed by atoms with Crippen molar-refractivity contribution in [3.05, 3.63) is 0 Å². The SMILES string of the molecule is CCS(=O)(=O)N1CCC(OC)(OC)CC1. The van der Waals surface area contributed by atoms with Gasteiger partial charge in [-0.05, 0) is 6.92 Å². The van der Waals surface area contributed by atoms with E-state index in [2.05, 4.69) is 0 Å². The Balaban J connectivity index is 2.63. The number of piperidine rings is 1. The maximum atomic E-state index is 11.6. The van der Waals surface area contributed by atoms with Crippen LogP contribution in [0, 0.1) is 0 Å². The first-order chi connectivity index (χ1) is 6.99. The predicted octanol–water partition coefficient (Wildman–Crippen LogP) is 0.421. The third-order valence-electron chi connectivity index (χ3n) is 2.99. The molecule has 0 unspecified atom stereocenters. The van der Waals surface area contributed by atoms with E-state index < -0.39 is 15.8 Å². The minimum Gasteiger partial charge on any atom is -0.353 e. The monoisotopic (exact) mass is 237 g/mol. The minimum atomic E-state index is -3.07. The highest BCUT2D eigenvalue weighted by atomic mass is 32.2. The first kappa shape index (κ1) is 12.9. The van der Waals surface area contributed by atoms with E-state index in [4.69, 9.17) is 9.47 Å².